The fourth-order valence-corrected chi connectivity index (χ4v) is 3.76. The van der Waals surface area contributed by atoms with E-state index in [0.717, 1.165) is 16.8 Å². The molecule has 18 heavy (non-hydrogen) atoms. The summed E-state index contributed by atoms with van der Waals surface area (Å²) in [6.45, 7) is 5.20. The minimum Gasteiger partial charge on any atom is -0.322 e. The standard InChI is InChI=1S/C17H22N/c1-4-7-17-16-11-14-9-6-5-8-13(14)10-15(16)12-18(17,2)3/h4-6,8-9,11,15,17H,1,7,10,12H2,2-3H3/q+1/t15-,17-/m1/s1. The van der Waals surface area contributed by atoms with Crippen LogP contribution in [-0.2, 0) is 6.42 Å². The molecule has 1 heterocycles. The van der Waals surface area contributed by atoms with Crippen LogP contribution in [0.5, 0.6) is 0 Å². The summed E-state index contributed by atoms with van der Waals surface area (Å²) in [4.78, 5) is 0. The Hall–Kier alpha value is -1.34. The lowest BCUT2D eigenvalue weighted by molar-refractivity contribution is -0.900. The maximum absolute atomic E-state index is 3.93. The molecule has 1 nitrogen and oxygen atoms in total. The van der Waals surface area contributed by atoms with Gasteiger partial charge in [0.15, 0.2) is 0 Å². The van der Waals surface area contributed by atoms with Gasteiger partial charge in [0.2, 0.25) is 0 Å². The number of hydrogen-bond acceptors (Lipinski definition) is 0. The largest absolute Gasteiger partial charge is 0.322 e. The van der Waals surface area contributed by atoms with Crippen molar-refractivity contribution in [1.29, 1.82) is 0 Å². The number of hydrogen-bond donors (Lipinski definition) is 0. The second kappa shape index (κ2) is 4.10. The molecule has 0 N–H and O–H groups in total. The van der Waals surface area contributed by atoms with E-state index in [-0.39, 0.29) is 0 Å². The van der Waals surface area contributed by atoms with Crippen LogP contribution in [0.2, 0.25) is 0 Å². The van der Waals surface area contributed by atoms with Crippen LogP contribution >= 0.6 is 0 Å². The molecule has 1 heteroatoms. The van der Waals surface area contributed by atoms with Crippen molar-refractivity contribution in [2.24, 2.45) is 5.92 Å². The van der Waals surface area contributed by atoms with Crippen molar-refractivity contribution in [3.63, 3.8) is 0 Å². The average Bonchev–Trinajstić information content (AvgIpc) is 2.58. The molecule has 0 aromatic heterocycles. The number of rotatable bonds is 2. The number of quaternary nitrogens is 1. The van der Waals surface area contributed by atoms with Crippen molar-refractivity contribution in [2.75, 3.05) is 20.6 Å². The van der Waals surface area contributed by atoms with Gasteiger partial charge in [-0.15, -0.1) is 6.58 Å². The van der Waals surface area contributed by atoms with Crippen molar-refractivity contribution in [2.45, 2.75) is 18.9 Å². The van der Waals surface area contributed by atoms with Gasteiger partial charge in [0.25, 0.3) is 0 Å². The van der Waals surface area contributed by atoms with Crippen molar-refractivity contribution in [1.82, 2.24) is 0 Å². The predicted octanol–water partition coefficient (Wildman–Crippen LogP) is 3.28. The van der Waals surface area contributed by atoms with Gasteiger partial charge in [-0.05, 0) is 29.2 Å². The van der Waals surface area contributed by atoms with Gasteiger partial charge in [-0.25, -0.2) is 0 Å². The van der Waals surface area contributed by atoms with Gasteiger partial charge in [-0.2, -0.15) is 0 Å². The fraction of sp³-hybridized carbons (Fsp3) is 0.412. The van der Waals surface area contributed by atoms with Crippen LogP contribution in [-0.4, -0.2) is 31.2 Å². The Bertz CT molecular complexity index is 510. The van der Waals surface area contributed by atoms with Crippen LogP contribution in [0.1, 0.15) is 17.5 Å². The lowest BCUT2D eigenvalue weighted by Gasteiger charge is -2.31. The highest BCUT2D eigenvalue weighted by molar-refractivity contribution is 5.61. The molecular weight excluding hydrogens is 218 g/mol. The van der Waals surface area contributed by atoms with E-state index in [0.29, 0.717) is 6.04 Å². The molecule has 1 aromatic rings. The summed E-state index contributed by atoms with van der Waals surface area (Å²) in [5, 5.41) is 0. The van der Waals surface area contributed by atoms with Gasteiger partial charge in [0.1, 0.15) is 6.04 Å². The van der Waals surface area contributed by atoms with Crippen LogP contribution in [0, 0.1) is 5.92 Å². The van der Waals surface area contributed by atoms with E-state index in [9.17, 15) is 0 Å². The summed E-state index contributed by atoms with van der Waals surface area (Å²) in [6.07, 6.45) is 6.84. The van der Waals surface area contributed by atoms with Crippen molar-refractivity contribution >= 4 is 6.08 Å². The second-order valence-corrected chi connectivity index (χ2v) is 6.25. The predicted molar refractivity (Wildman–Crippen MR) is 77.2 cm³/mol. The maximum Gasteiger partial charge on any atom is 0.114 e. The normalized spacial score (nSPS) is 28.2. The van der Waals surface area contributed by atoms with Crippen LogP contribution in [0.25, 0.3) is 6.08 Å². The van der Waals surface area contributed by atoms with Gasteiger partial charge in [-0.3, -0.25) is 0 Å². The van der Waals surface area contributed by atoms with Crippen molar-refractivity contribution in [3.05, 3.63) is 53.6 Å². The molecular formula is C17H22N+. The zero-order chi connectivity index (χ0) is 12.8. The summed E-state index contributed by atoms with van der Waals surface area (Å²) in [7, 11) is 4.72. The van der Waals surface area contributed by atoms with E-state index in [1.807, 2.05) is 0 Å². The van der Waals surface area contributed by atoms with E-state index in [1.54, 1.807) is 5.57 Å². The van der Waals surface area contributed by atoms with E-state index < -0.39 is 0 Å². The first-order chi connectivity index (χ1) is 8.62. The third-order valence-electron chi connectivity index (χ3n) is 4.62. The molecule has 1 saturated heterocycles. The molecule has 0 radical (unpaired) electrons. The third kappa shape index (κ3) is 1.74. The number of likely N-dealkylation sites (N-methyl/N-ethyl adjacent to an activating group) is 1. The quantitative estimate of drug-likeness (QED) is 0.550. The molecule has 2 atom stereocenters. The lowest BCUT2D eigenvalue weighted by atomic mass is 9.82. The highest BCUT2D eigenvalue weighted by atomic mass is 15.4. The van der Waals surface area contributed by atoms with Crippen LogP contribution in [0.15, 0.2) is 42.5 Å². The number of likely N-dealkylation sites (tertiary alicyclic amines) is 1. The zero-order valence-electron chi connectivity index (χ0n) is 11.4. The van der Waals surface area contributed by atoms with Crippen LogP contribution in [0.3, 0.4) is 0 Å². The Morgan fingerprint density at radius 1 is 1.33 bits per heavy atom. The molecule has 0 spiro atoms. The van der Waals surface area contributed by atoms with Crippen molar-refractivity contribution in [3.8, 4) is 0 Å². The van der Waals surface area contributed by atoms with E-state index in [4.69, 9.17) is 0 Å². The van der Waals surface area contributed by atoms with Crippen LogP contribution in [0.4, 0.5) is 0 Å². The summed E-state index contributed by atoms with van der Waals surface area (Å²) < 4.78 is 1.11. The molecule has 1 aliphatic heterocycles. The molecule has 1 aromatic carbocycles. The number of nitrogens with zero attached hydrogens (tertiary/aromatic N) is 1. The first-order valence-corrected chi connectivity index (χ1v) is 6.85. The Morgan fingerprint density at radius 3 is 2.89 bits per heavy atom. The molecule has 3 rings (SSSR count). The Labute approximate surface area is 110 Å². The molecule has 1 aliphatic carbocycles. The SMILES string of the molecule is C=CC[C@@H]1C2=Cc3ccccc3C[C@@H]2C[N+]1(C)C. The molecule has 0 saturated carbocycles. The van der Waals surface area contributed by atoms with Gasteiger partial charge in [0.05, 0.1) is 20.6 Å². The molecule has 94 valence electrons. The molecule has 0 unspecified atom stereocenters. The second-order valence-electron chi connectivity index (χ2n) is 6.25. The summed E-state index contributed by atoms with van der Waals surface area (Å²) in [5.74, 6) is 0.736. The van der Waals surface area contributed by atoms with E-state index in [2.05, 4.69) is 57.1 Å². The van der Waals surface area contributed by atoms with Gasteiger partial charge in [0, 0.05) is 12.3 Å². The summed E-state index contributed by atoms with van der Waals surface area (Å²) in [6, 6.07) is 9.47. The minimum absolute atomic E-state index is 0.626. The Balaban J connectivity index is 2.04. The highest BCUT2D eigenvalue weighted by Gasteiger charge is 2.45. The van der Waals surface area contributed by atoms with Gasteiger partial charge >= 0.3 is 0 Å². The Kier molecular flexibility index (Phi) is 2.67. The fourth-order valence-electron chi connectivity index (χ4n) is 3.76. The maximum atomic E-state index is 3.93. The Morgan fingerprint density at radius 2 is 2.11 bits per heavy atom. The molecule has 1 fully saturated rings. The number of fused-ring (bicyclic) bond motifs is 2. The molecule has 0 amide bonds. The zero-order valence-corrected chi connectivity index (χ0v) is 11.4. The van der Waals surface area contributed by atoms with Gasteiger partial charge < -0.3 is 4.48 Å². The van der Waals surface area contributed by atoms with E-state index >= 15 is 0 Å². The first kappa shape index (κ1) is 11.7. The third-order valence-corrected chi connectivity index (χ3v) is 4.62. The number of benzene rings is 1. The summed E-state index contributed by atoms with van der Waals surface area (Å²) >= 11 is 0. The smallest absolute Gasteiger partial charge is 0.114 e. The molecule has 2 aliphatic rings. The highest BCUT2D eigenvalue weighted by Crippen LogP contribution is 2.41. The topological polar surface area (TPSA) is 0 Å². The first-order valence-electron chi connectivity index (χ1n) is 6.85. The van der Waals surface area contributed by atoms with Crippen LogP contribution < -0.4 is 0 Å². The summed E-state index contributed by atoms with van der Waals surface area (Å²) in [5.41, 5.74) is 4.60. The average molecular weight is 240 g/mol. The minimum atomic E-state index is 0.626. The monoisotopic (exact) mass is 240 g/mol. The van der Waals surface area contributed by atoms with E-state index in [1.165, 1.54) is 24.1 Å². The lowest BCUT2D eigenvalue weighted by Crippen LogP contribution is -2.44. The molecule has 0 bridgehead atoms. The van der Waals surface area contributed by atoms with Crippen molar-refractivity contribution < 1.29 is 4.48 Å². The van der Waals surface area contributed by atoms with Gasteiger partial charge in [-0.1, -0.05) is 30.3 Å².